The molecule has 2 fully saturated rings. The summed E-state index contributed by atoms with van der Waals surface area (Å²) < 4.78 is 11.3. The minimum absolute atomic E-state index is 0.00999. The lowest BCUT2D eigenvalue weighted by atomic mass is 9.99. The number of ether oxygens (including phenoxy) is 2. The zero-order valence-electron chi connectivity index (χ0n) is 20.7. The number of aromatic nitrogens is 1. The molecule has 188 valence electrons. The van der Waals surface area contributed by atoms with E-state index in [4.69, 9.17) is 9.47 Å². The van der Waals surface area contributed by atoms with Crippen LogP contribution in [-0.4, -0.2) is 72.9 Å². The molecule has 0 aliphatic carbocycles. The van der Waals surface area contributed by atoms with Gasteiger partial charge in [-0.3, -0.25) is 9.78 Å². The van der Waals surface area contributed by atoms with Crippen LogP contribution in [0.1, 0.15) is 42.3 Å². The van der Waals surface area contributed by atoms with Crippen molar-refractivity contribution in [3.63, 3.8) is 0 Å². The van der Waals surface area contributed by atoms with Crippen molar-refractivity contribution in [2.24, 2.45) is 5.92 Å². The molecule has 2 saturated heterocycles. The van der Waals surface area contributed by atoms with Gasteiger partial charge in [0.05, 0.1) is 12.0 Å². The molecule has 0 spiro atoms. The van der Waals surface area contributed by atoms with E-state index in [2.05, 4.69) is 32.2 Å². The van der Waals surface area contributed by atoms with Crippen LogP contribution in [0, 0.1) is 19.8 Å². The fraction of sp³-hybridized carbons (Fsp3) is 0.556. The third-order valence-corrected chi connectivity index (χ3v) is 7.26. The van der Waals surface area contributed by atoms with Crippen molar-refractivity contribution >= 4 is 11.6 Å². The predicted molar refractivity (Wildman–Crippen MR) is 134 cm³/mol. The van der Waals surface area contributed by atoms with Gasteiger partial charge in [0.15, 0.2) is 11.5 Å². The van der Waals surface area contributed by atoms with Crippen LogP contribution in [0.25, 0.3) is 0 Å². The Labute approximate surface area is 207 Å². The maximum atomic E-state index is 13.4. The number of fused-ring (bicyclic) bond motifs is 1. The van der Waals surface area contributed by atoms with E-state index in [9.17, 15) is 9.90 Å². The summed E-state index contributed by atoms with van der Waals surface area (Å²) in [6, 6.07) is 9.31. The first-order valence-corrected chi connectivity index (χ1v) is 12.8. The first-order valence-electron chi connectivity index (χ1n) is 12.8. The van der Waals surface area contributed by atoms with E-state index in [0.29, 0.717) is 37.8 Å². The zero-order chi connectivity index (χ0) is 24.4. The number of carbonyl (C=O) groups excluding carboxylic acids is 1. The highest BCUT2D eigenvalue weighted by molar-refractivity contribution is 5.80. The minimum Gasteiger partial charge on any atom is -0.486 e. The van der Waals surface area contributed by atoms with E-state index >= 15 is 0 Å². The molecule has 1 amide bonds. The molecular weight excluding hydrogens is 444 g/mol. The summed E-state index contributed by atoms with van der Waals surface area (Å²) in [4.78, 5) is 22.4. The van der Waals surface area contributed by atoms with Crippen molar-refractivity contribution in [2.75, 3.05) is 50.8 Å². The molecule has 8 nitrogen and oxygen atoms in total. The minimum atomic E-state index is -0.835. The number of hydrogen-bond donors (Lipinski definition) is 2. The van der Waals surface area contributed by atoms with E-state index in [0.717, 1.165) is 61.5 Å². The van der Waals surface area contributed by atoms with E-state index in [1.807, 2.05) is 32.0 Å². The maximum absolute atomic E-state index is 13.4. The monoisotopic (exact) mass is 480 g/mol. The van der Waals surface area contributed by atoms with Crippen LogP contribution in [0.4, 0.5) is 5.69 Å². The largest absolute Gasteiger partial charge is 0.486 e. The predicted octanol–water partition coefficient (Wildman–Crippen LogP) is 2.61. The van der Waals surface area contributed by atoms with Gasteiger partial charge >= 0.3 is 0 Å². The fourth-order valence-electron chi connectivity index (χ4n) is 5.45. The van der Waals surface area contributed by atoms with Gasteiger partial charge in [-0.15, -0.1) is 0 Å². The van der Waals surface area contributed by atoms with Crippen LogP contribution >= 0.6 is 0 Å². The van der Waals surface area contributed by atoms with Crippen LogP contribution in [-0.2, 0) is 4.79 Å². The van der Waals surface area contributed by atoms with Gasteiger partial charge in [-0.25, -0.2) is 0 Å². The number of benzene rings is 1. The number of hydrogen-bond acceptors (Lipinski definition) is 7. The number of anilines is 1. The highest BCUT2D eigenvalue weighted by Crippen LogP contribution is 2.34. The van der Waals surface area contributed by atoms with Crippen molar-refractivity contribution < 1.29 is 19.4 Å². The first-order chi connectivity index (χ1) is 17.0. The van der Waals surface area contributed by atoms with Crippen molar-refractivity contribution in [2.45, 2.75) is 45.3 Å². The van der Waals surface area contributed by atoms with Gasteiger partial charge in [0.2, 0.25) is 5.91 Å². The lowest BCUT2D eigenvalue weighted by Gasteiger charge is -2.30. The SMILES string of the molecule is Cc1cc(N2CC[C@@H](C(=O)N[C@H](CN3CCCC3)[C@H](O)c3ccc4c(c3)OCCO4)C2)cc(C)n1. The number of pyridine rings is 1. The van der Waals surface area contributed by atoms with Crippen LogP contribution < -0.4 is 19.7 Å². The molecule has 0 unspecified atom stereocenters. The van der Waals surface area contributed by atoms with E-state index in [1.54, 1.807) is 0 Å². The van der Waals surface area contributed by atoms with Gasteiger partial charge in [0.1, 0.15) is 19.3 Å². The number of carbonyl (C=O) groups is 1. The van der Waals surface area contributed by atoms with Crippen molar-refractivity contribution in [1.29, 1.82) is 0 Å². The molecule has 2 aromatic rings. The summed E-state index contributed by atoms with van der Waals surface area (Å²) >= 11 is 0. The summed E-state index contributed by atoms with van der Waals surface area (Å²) in [5.41, 5.74) is 3.83. The number of aliphatic hydroxyl groups is 1. The second-order valence-corrected chi connectivity index (χ2v) is 10.0. The molecule has 35 heavy (non-hydrogen) atoms. The average Bonchev–Trinajstić information content (AvgIpc) is 3.55. The number of likely N-dealkylation sites (tertiary alicyclic amines) is 1. The number of rotatable bonds is 7. The first kappa shape index (κ1) is 23.9. The topological polar surface area (TPSA) is 87.2 Å². The lowest BCUT2D eigenvalue weighted by Crippen LogP contribution is -2.48. The van der Waals surface area contributed by atoms with E-state index < -0.39 is 12.1 Å². The number of nitrogens with one attached hydrogen (secondary N) is 1. The molecule has 1 aromatic heterocycles. The van der Waals surface area contributed by atoms with Crippen molar-refractivity contribution in [1.82, 2.24) is 15.2 Å². The normalized spacial score (nSPS) is 21.7. The Morgan fingerprint density at radius 1 is 1.09 bits per heavy atom. The Kier molecular flexibility index (Phi) is 7.11. The second kappa shape index (κ2) is 10.4. The van der Waals surface area contributed by atoms with Gasteiger partial charge in [-0.1, -0.05) is 6.07 Å². The quantitative estimate of drug-likeness (QED) is 0.630. The van der Waals surface area contributed by atoms with Gasteiger partial charge < -0.3 is 29.7 Å². The summed E-state index contributed by atoms with van der Waals surface area (Å²) in [6.07, 6.45) is 2.27. The van der Waals surface area contributed by atoms with Gasteiger partial charge in [0, 0.05) is 36.7 Å². The third-order valence-electron chi connectivity index (χ3n) is 7.26. The summed E-state index contributed by atoms with van der Waals surface area (Å²) in [7, 11) is 0. The molecular formula is C27H36N4O4. The summed E-state index contributed by atoms with van der Waals surface area (Å²) in [5.74, 6) is 1.24. The molecule has 2 N–H and O–H groups in total. The molecule has 1 aromatic carbocycles. The molecule has 3 atom stereocenters. The number of amides is 1. The standard InChI is InChI=1S/C27H36N4O4/c1-18-13-22(14-19(2)28-18)31-10-7-21(16-31)27(33)29-23(17-30-8-3-4-9-30)26(32)20-5-6-24-25(15-20)35-12-11-34-24/h5-6,13-15,21,23,26,32H,3-4,7-12,16-17H2,1-2H3,(H,29,33)/t21-,23-,26-/m1/s1. The van der Waals surface area contributed by atoms with Crippen molar-refractivity contribution in [3.8, 4) is 11.5 Å². The Bertz CT molecular complexity index is 1040. The summed E-state index contributed by atoms with van der Waals surface area (Å²) in [5, 5.41) is 14.6. The highest BCUT2D eigenvalue weighted by Gasteiger charge is 2.33. The van der Waals surface area contributed by atoms with Crippen LogP contribution in [0.2, 0.25) is 0 Å². The molecule has 5 rings (SSSR count). The molecule has 0 bridgehead atoms. The number of aryl methyl sites for hydroxylation is 2. The van der Waals surface area contributed by atoms with Gasteiger partial charge in [0.25, 0.3) is 0 Å². The van der Waals surface area contributed by atoms with Crippen LogP contribution in [0.15, 0.2) is 30.3 Å². The fourth-order valence-corrected chi connectivity index (χ4v) is 5.45. The Balaban J connectivity index is 1.28. The Morgan fingerprint density at radius 3 is 2.54 bits per heavy atom. The molecule has 8 heteroatoms. The lowest BCUT2D eigenvalue weighted by molar-refractivity contribution is -0.126. The average molecular weight is 481 g/mol. The molecule has 0 radical (unpaired) electrons. The molecule has 0 saturated carbocycles. The maximum Gasteiger partial charge on any atom is 0.225 e. The van der Waals surface area contributed by atoms with E-state index in [1.165, 1.54) is 0 Å². The Morgan fingerprint density at radius 2 is 1.80 bits per heavy atom. The third kappa shape index (κ3) is 5.54. The molecule has 4 heterocycles. The van der Waals surface area contributed by atoms with Crippen molar-refractivity contribution in [3.05, 3.63) is 47.3 Å². The number of nitrogens with zero attached hydrogens (tertiary/aromatic N) is 3. The van der Waals surface area contributed by atoms with E-state index in [-0.39, 0.29) is 11.8 Å². The summed E-state index contributed by atoms with van der Waals surface area (Å²) in [6.45, 7) is 9.15. The Hall–Kier alpha value is -2.84. The van der Waals surface area contributed by atoms with Gasteiger partial charge in [-0.2, -0.15) is 0 Å². The highest BCUT2D eigenvalue weighted by atomic mass is 16.6. The molecule has 3 aliphatic heterocycles. The molecule has 3 aliphatic rings. The zero-order valence-corrected chi connectivity index (χ0v) is 20.7. The number of aliphatic hydroxyl groups excluding tert-OH is 1. The second-order valence-electron chi connectivity index (χ2n) is 10.0. The smallest absolute Gasteiger partial charge is 0.225 e. The van der Waals surface area contributed by atoms with Gasteiger partial charge in [-0.05, 0) is 76.0 Å². The van der Waals surface area contributed by atoms with Crippen LogP contribution in [0.3, 0.4) is 0 Å². The van der Waals surface area contributed by atoms with Crippen LogP contribution in [0.5, 0.6) is 11.5 Å².